The number of nitrogens with zero attached hydrogens (tertiary/aromatic N) is 2. The predicted octanol–water partition coefficient (Wildman–Crippen LogP) is 5.02. The van der Waals surface area contributed by atoms with Gasteiger partial charge in [-0.25, -0.2) is 4.98 Å². The van der Waals surface area contributed by atoms with E-state index in [0.29, 0.717) is 10.7 Å². The largest absolute Gasteiger partial charge is 0.506 e. The highest BCUT2D eigenvalue weighted by molar-refractivity contribution is 6.32. The molecule has 0 spiro atoms. The molecule has 0 unspecified atom stereocenters. The van der Waals surface area contributed by atoms with Gasteiger partial charge >= 0.3 is 0 Å². The second-order valence-electron chi connectivity index (χ2n) is 6.24. The molecule has 2 aromatic heterocycles. The minimum Gasteiger partial charge on any atom is -0.506 e. The summed E-state index contributed by atoms with van der Waals surface area (Å²) in [5, 5.41) is 20.2. The van der Waals surface area contributed by atoms with Gasteiger partial charge in [0, 0.05) is 27.3 Å². The highest BCUT2D eigenvalue weighted by Crippen LogP contribution is 2.40. The van der Waals surface area contributed by atoms with Crippen molar-refractivity contribution in [3.63, 3.8) is 0 Å². The first kappa shape index (κ1) is 16.7. The van der Waals surface area contributed by atoms with Gasteiger partial charge in [0.1, 0.15) is 11.5 Å². The summed E-state index contributed by atoms with van der Waals surface area (Å²) in [6, 6.07) is 7.21. The highest BCUT2D eigenvalue weighted by Gasteiger charge is 2.19. The Balaban J connectivity index is 2.19. The Bertz CT molecular complexity index is 1150. The van der Waals surface area contributed by atoms with E-state index in [9.17, 15) is 5.11 Å². The summed E-state index contributed by atoms with van der Waals surface area (Å²) in [6.07, 6.45) is 2.62. The maximum absolute atomic E-state index is 9.75. The number of phenolic OH excluding ortho intramolecular Hbond substituents is 1. The van der Waals surface area contributed by atoms with Gasteiger partial charge in [0.05, 0.1) is 24.0 Å². The second-order valence-corrected chi connectivity index (χ2v) is 6.65. The first-order chi connectivity index (χ1) is 12.5. The lowest BCUT2D eigenvalue weighted by atomic mass is 9.94. The smallest absolute Gasteiger partial charge is 0.156 e. The number of methoxy groups -OCH3 is 1. The Kier molecular flexibility index (Phi) is 3.96. The van der Waals surface area contributed by atoms with Crippen molar-refractivity contribution in [2.45, 2.75) is 20.3 Å². The van der Waals surface area contributed by atoms with Crippen LogP contribution in [0.3, 0.4) is 0 Å². The van der Waals surface area contributed by atoms with Crippen LogP contribution in [0.2, 0.25) is 5.02 Å². The number of phenols is 1. The number of rotatable bonds is 3. The number of aromatic hydroxyl groups is 1. The zero-order chi connectivity index (χ0) is 18.4. The number of aromatic amines is 1. The van der Waals surface area contributed by atoms with Crippen LogP contribution in [-0.2, 0) is 6.42 Å². The lowest BCUT2D eigenvalue weighted by Gasteiger charge is -2.16. The SMILES string of the molecule is CCc1c(OC)c(C)cc2c(-c3ccc(O)c(Cl)c3)nc3[nH]ncc3c12. The zero-order valence-corrected chi connectivity index (χ0v) is 15.5. The van der Waals surface area contributed by atoms with Gasteiger partial charge in [0.15, 0.2) is 5.65 Å². The Morgan fingerprint density at radius 1 is 1.23 bits per heavy atom. The zero-order valence-electron chi connectivity index (χ0n) is 14.7. The number of H-pyrrole nitrogens is 1. The van der Waals surface area contributed by atoms with Crippen molar-refractivity contribution in [3.05, 3.63) is 46.6 Å². The molecule has 4 rings (SSSR count). The van der Waals surface area contributed by atoms with Gasteiger partial charge in [-0.15, -0.1) is 0 Å². The van der Waals surface area contributed by atoms with Gasteiger partial charge in [-0.1, -0.05) is 18.5 Å². The molecule has 0 saturated carbocycles. The Morgan fingerprint density at radius 3 is 2.73 bits per heavy atom. The summed E-state index contributed by atoms with van der Waals surface area (Å²) in [5.74, 6) is 0.942. The van der Waals surface area contributed by atoms with Gasteiger partial charge in [-0.05, 0) is 43.2 Å². The maximum atomic E-state index is 9.75. The molecule has 2 N–H and O–H groups in total. The molecule has 2 aromatic carbocycles. The van der Waals surface area contributed by atoms with Crippen molar-refractivity contribution >= 4 is 33.4 Å². The van der Waals surface area contributed by atoms with E-state index in [0.717, 1.165) is 50.7 Å². The normalized spacial score (nSPS) is 11.4. The van der Waals surface area contributed by atoms with Crippen LogP contribution in [0.5, 0.6) is 11.5 Å². The van der Waals surface area contributed by atoms with Crippen molar-refractivity contribution in [2.24, 2.45) is 0 Å². The molecule has 0 aliphatic rings. The molecule has 0 radical (unpaired) electrons. The fourth-order valence-corrected chi connectivity index (χ4v) is 3.76. The molecular formula is C20H18ClN3O2. The van der Waals surface area contributed by atoms with Crippen LogP contribution in [0.25, 0.3) is 33.1 Å². The molecule has 2 heterocycles. The maximum Gasteiger partial charge on any atom is 0.156 e. The van der Waals surface area contributed by atoms with Crippen molar-refractivity contribution in [1.82, 2.24) is 15.2 Å². The number of hydrogen-bond acceptors (Lipinski definition) is 4. The Labute approximate surface area is 155 Å². The predicted molar refractivity (Wildman–Crippen MR) is 104 cm³/mol. The number of halogens is 1. The van der Waals surface area contributed by atoms with Crippen LogP contribution >= 0.6 is 11.6 Å². The van der Waals surface area contributed by atoms with E-state index in [4.69, 9.17) is 21.3 Å². The van der Waals surface area contributed by atoms with Crippen LogP contribution < -0.4 is 4.74 Å². The third kappa shape index (κ3) is 2.39. The number of aryl methyl sites for hydroxylation is 2. The molecule has 26 heavy (non-hydrogen) atoms. The van der Waals surface area contributed by atoms with E-state index >= 15 is 0 Å². The van der Waals surface area contributed by atoms with Gasteiger partial charge in [0.2, 0.25) is 0 Å². The van der Waals surface area contributed by atoms with Crippen molar-refractivity contribution in [3.8, 4) is 22.8 Å². The third-order valence-corrected chi connectivity index (χ3v) is 5.01. The fourth-order valence-electron chi connectivity index (χ4n) is 3.58. The lowest BCUT2D eigenvalue weighted by molar-refractivity contribution is 0.408. The molecule has 0 fully saturated rings. The van der Waals surface area contributed by atoms with Crippen molar-refractivity contribution < 1.29 is 9.84 Å². The molecule has 0 bridgehead atoms. The van der Waals surface area contributed by atoms with E-state index in [-0.39, 0.29) is 5.75 Å². The molecule has 6 heteroatoms. The van der Waals surface area contributed by atoms with E-state index in [1.54, 1.807) is 25.4 Å². The van der Waals surface area contributed by atoms with Crippen LogP contribution in [0.15, 0.2) is 30.5 Å². The number of hydrogen-bond donors (Lipinski definition) is 2. The minimum absolute atomic E-state index is 0.0504. The third-order valence-electron chi connectivity index (χ3n) is 4.71. The average molecular weight is 368 g/mol. The van der Waals surface area contributed by atoms with Crippen LogP contribution in [-0.4, -0.2) is 27.4 Å². The summed E-state index contributed by atoms with van der Waals surface area (Å²) >= 11 is 6.13. The van der Waals surface area contributed by atoms with E-state index in [2.05, 4.69) is 23.2 Å². The number of fused-ring (bicyclic) bond motifs is 3. The molecule has 0 atom stereocenters. The van der Waals surface area contributed by atoms with E-state index in [1.165, 1.54) is 0 Å². The van der Waals surface area contributed by atoms with Gasteiger partial charge in [0.25, 0.3) is 0 Å². The molecule has 0 aliphatic carbocycles. The Morgan fingerprint density at radius 2 is 2.04 bits per heavy atom. The van der Waals surface area contributed by atoms with Crippen LogP contribution in [0.1, 0.15) is 18.1 Å². The lowest BCUT2D eigenvalue weighted by Crippen LogP contribution is -1.98. The molecule has 0 amide bonds. The van der Waals surface area contributed by atoms with Gasteiger partial charge < -0.3 is 9.84 Å². The molecule has 132 valence electrons. The molecular weight excluding hydrogens is 350 g/mol. The summed E-state index contributed by atoms with van der Waals surface area (Å²) in [4.78, 5) is 4.78. The number of pyridine rings is 1. The summed E-state index contributed by atoms with van der Waals surface area (Å²) in [6.45, 7) is 4.14. The van der Waals surface area contributed by atoms with E-state index < -0.39 is 0 Å². The molecule has 0 saturated heterocycles. The first-order valence-corrected chi connectivity index (χ1v) is 8.75. The number of benzene rings is 2. The topological polar surface area (TPSA) is 71.0 Å². The summed E-state index contributed by atoms with van der Waals surface area (Å²) in [7, 11) is 1.70. The van der Waals surface area contributed by atoms with Crippen LogP contribution in [0.4, 0.5) is 0 Å². The van der Waals surface area contributed by atoms with Gasteiger partial charge in [-0.3, -0.25) is 5.10 Å². The van der Waals surface area contributed by atoms with Gasteiger partial charge in [-0.2, -0.15) is 5.10 Å². The molecule has 4 aromatic rings. The number of ether oxygens (including phenoxy) is 1. The summed E-state index contributed by atoms with van der Waals surface area (Å²) < 4.78 is 5.68. The number of aromatic nitrogens is 3. The highest BCUT2D eigenvalue weighted by atomic mass is 35.5. The molecule has 0 aliphatic heterocycles. The standard InChI is InChI=1S/C20H18ClN3O2/c1-4-12-17-13(7-10(2)19(12)26-3)18(23-20-14(17)9-22-24-20)11-5-6-16(25)15(21)8-11/h5-9,25H,4H2,1-3H3,(H,22,23,24). The van der Waals surface area contributed by atoms with Crippen LogP contribution in [0, 0.1) is 6.92 Å². The minimum atomic E-state index is 0.0504. The first-order valence-electron chi connectivity index (χ1n) is 8.37. The fraction of sp³-hybridized carbons (Fsp3) is 0.200. The summed E-state index contributed by atoms with van der Waals surface area (Å²) in [5.41, 5.74) is 4.51. The van der Waals surface area contributed by atoms with E-state index in [1.807, 2.05) is 13.0 Å². The average Bonchev–Trinajstić information content (AvgIpc) is 3.10. The quantitative estimate of drug-likeness (QED) is 0.533. The van der Waals surface area contributed by atoms with Crippen molar-refractivity contribution in [1.29, 1.82) is 0 Å². The molecule has 5 nitrogen and oxygen atoms in total. The van der Waals surface area contributed by atoms with Crippen molar-refractivity contribution in [2.75, 3.05) is 7.11 Å². The second kappa shape index (κ2) is 6.18. The number of nitrogens with one attached hydrogen (secondary N) is 1. The monoisotopic (exact) mass is 367 g/mol. The Hall–Kier alpha value is -2.79.